The first-order valence-electron chi connectivity index (χ1n) is 7.23. The molecule has 1 aliphatic heterocycles. The van der Waals surface area contributed by atoms with Crippen LogP contribution < -0.4 is 0 Å². The highest BCUT2D eigenvalue weighted by Crippen LogP contribution is 2.45. The van der Waals surface area contributed by atoms with Crippen LogP contribution in [-0.2, 0) is 11.2 Å². The van der Waals surface area contributed by atoms with Crippen molar-refractivity contribution in [1.29, 1.82) is 0 Å². The maximum atomic E-state index is 12.3. The summed E-state index contributed by atoms with van der Waals surface area (Å²) in [5, 5.41) is 9.43. The molecule has 0 bridgehead atoms. The minimum Gasteiger partial charge on any atom is -0.508 e. The molecule has 1 heterocycles. The number of rotatable bonds is 2. The van der Waals surface area contributed by atoms with Gasteiger partial charge in [0.25, 0.3) is 0 Å². The molecule has 1 aliphatic carbocycles. The van der Waals surface area contributed by atoms with Crippen LogP contribution in [-0.4, -0.2) is 29.0 Å². The summed E-state index contributed by atoms with van der Waals surface area (Å²) in [6.07, 6.45) is 6.83. The van der Waals surface area contributed by atoms with E-state index >= 15 is 0 Å². The lowest BCUT2D eigenvalue weighted by Crippen LogP contribution is -2.32. The summed E-state index contributed by atoms with van der Waals surface area (Å²) < 4.78 is 0. The molecule has 1 N–H and O–H groups in total. The van der Waals surface area contributed by atoms with Crippen LogP contribution in [0.3, 0.4) is 0 Å². The van der Waals surface area contributed by atoms with Crippen molar-refractivity contribution in [3.05, 3.63) is 29.8 Å². The van der Waals surface area contributed by atoms with Crippen LogP contribution in [0.1, 0.15) is 37.7 Å². The maximum Gasteiger partial charge on any atom is 0.227 e. The second kappa shape index (κ2) is 4.87. The van der Waals surface area contributed by atoms with E-state index in [9.17, 15) is 9.90 Å². The highest BCUT2D eigenvalue weighted by atomic mass is 16.3. The molecule has 1 spiro atoms. The predicted molar refractivity (Wildman–Crippen MR) is 73.9 cm³/mol. The van der Waals surface area contributed by atoms with Gasteiger partial charge in [-0.1, -0.05) is 25.0 Å². The summed E-state index contributed by atoms with van der Waals surface area (Å²) in [5.74, 6) is 0.438. The molecule has 0 aromatic heterocycles. The number of phenols is 1. The molecule has 1 saturated carbocycles. The van der Waals surface area contributed by atoms with Gasteiger partial charge >= 0.3 is 0 Å². The molecule has 3 heteroatoms. The van der Waals surface area contributed by atoms with Gasteiger partial charge in [-0.3, -0.25) is 4.79 Å². The fourth-order valence-corrected chi connectivity index (χ4v) is 3.63. The lowest BCUT2D eigenvalue weighted by atomic mass is 9.86. The molecule has 3 rings (SSSR count). The molecule has 1 aromatic carbocycles. The first-order valence-corrected chi connectivity index (χ1v) is 7.23. The minimum absolute atomic E-state index is 0.203. The number of carbonyl (C=O) groups is 1. The third kappa shape index (κ3) is 2.60. The number of carbonyl (C=O) groups excluding carboxylic acids is 1. The summed E-state index contributed by atoms with van der Waals surface area (Å²) >= 11 is 0. The molecule has 0 radical (unpaired) electrons. The van der Waals surface area contributed by atoms with Gasteiger partial charge in [0.15, 0.2) is 0 Å². The van der Waals surface area contributed by atoms with Crippen molar-refractivity contribution in [2.75, 3.05) is 13.1 Å². The van der Waals surface area contributed by atoms with Crippen LogP contribution in [0.25, 0.3) is 0 Å². The van der Waals surface area contributed by atoms with Gasteiger partial charge in [0, 0.05) is 13.1 Å². The second-order valence-electron chi connectivity index (χ2n) is 6.12. The molecule has 0 unspecified atom stereocenters. The van der Waals surface area contributed by atoms with E-state index < -0.39 is 0 Å². The number of amides is 1. The Labute approximate surface area is 114 Å². The van der Waals surface area contributed by atoms with E-state index in [1.807, 2.05) is 11.0 Å². The Kier molecular flexibility index (Phi) is 3.21. The van der Waals surface area contributed by atoms with Gasteiger partial charge < -0.3 is 10.0 Å². The Bertz CT molecular complexity index is 477. The maximum absolute atomic E-state index is 12.3. The van der Waals surface area contributed by atoms with Crippen LogP contribution >= 0.6 is 0 Å². The molecule has 2 fully saturated rings. The fraction of sp³-hybridized carbons (Fsp3) is 0.562. The Hall–Kier alpha value is -1.51. The highest BCUT2D eigenvalue weighted by Gasteiger charge is 2.41. The molecular weight excluding hydrogens is 238 g/mol. The molecule has 102 valence electrons. The van der Waals surface area contributed by atoms with E-state index in [0.717, 1.165) is 18.7 Å². The number of hydrogen-bond acceptors (Lipinski definition) is 2. The van der Waals surface area contributed by atoms with Crippen molar-refractivity contribution >= 4 is 5.91 Å². The lowest BCUT2D eigenvalue weighted by molar-refractivity contribution is -0.129. The molecule has 3 nitrogen and oxygen atoms in total. The standard InChI is InChI=1S/C16H21NO2/c18-14-5-3-4-13(10-14)11-15(19)17-9-8-16(12-17)6-1-2-7-16/h3-5,10,18H,1-2,6-9,11-12H2. The number of likely N-dealkylation sites (tertiary alicyclic amines) is 1. The van der Waals surface area contributed by atoms with Crippen LogP contribution in [0.4, 0.5) is 0 Å². The SMILES string of the molecule is O=C(Cc1cccc(O)c1)N1CCC2(CCCC2)C1. The minimum atomic E-state index is 0.203. The Balaban J connectivity index is 1.62. The van der Waals surface area contributed by atoms with Gasteiger partial charge in [0.2, 0.25) is 5.91 Å². The summed E-state index contributed by atoms with van der Waals surface area (Å²) in [5.41, 5.74) is 1.34. The van der Waals surface area contributed by atoms with E-state index in [0.29, 0.717) is 11.8 Å². The number of phenolic OH excluding ortho intramolecular Hbond substituents is 1. The van der Waals surface area contributed by atoms with E-state index in [1.54, 1.807) is 18.2 Å². The molecule has 1 aromatic rings. The van der Waals surface area contributed by atoms with Crippen molar-refractivity contribution in [2.24, 2.45) is 5.41 Å². The monoisotopic (exact) mass is 259 g/mol. The Morgan fingerprint density at radius 2 is 2.05 bits per heavy atom. The van der Waals surface area contributed by atoms with Gasteiger partial charge in [-0.25, -0.2) is 0 Å². The smallest absolute Gasteiger partial charge is 0.227 e. The summed E-state index contributed by atoms with van der Waals surface area (Å²) in [4.78, 5) is 14.3. The zero-order chi connectivity index (χ0) is 13.3. The summed E-state index contributed by atoms with van der Waals surface area (Å²) in [6.45, 7) is 1.86. The predicted octanol–water partition coefficient (Wildman–Crippen LogP) is 2.73. The number of benzene rings is 1. The second-order valence-corrected chi connectivity index (χ2v) is 6.12. The van der Waals surface area contributed by atoms with Gasteiger partial charge in [-0.2, -0.15) is 0 Å². The number of hydrogen-bond donors (Lipinski definition) is 1. The third-order valence-corrected chi connectivity index (χ3v) is 4.72. The van der Waals surface area contributed by atoms with Crippen molar-refractivity contribution in [1.82, 2.24) is 4.90 Å². The molecule has 1 saturated heterocycles. The third-order valence-electron chi connectivity index (χ3n) is 4.72. The van der Waals surface area contributed by atoms with Gasteiger partial charge in [-0.15, -0.1) is 0 Å². The van der Waals surface area contributed by atoms with Crippen molar-refractivity contribution in [3.8, 4) is 5.75 Å². The normalized spacial score (nSPS) is 21.2. The topological polar surface area (TPSA) is 40.5 Å². The van der Waals surface area contributed by atoms with Gasteiger partial charge in [0.05, 0.1) is 6.42 Å². The average molecular weight is 259 g/mol. The fourth-order valence-electron chi connectivity index (χ4n) is 3.63. The van der Waals surface area contributed by atoms with Gasteiger partial charge in [-0.05, 0) is 42.4 Å². The van der Waals surface area contributed by atoms with E-state index in [-0.39, 0.29) is 11.7 Å². The largest absolute Gasteiger partial charge is 0.508 e. The van der Waals surface area contributed by atoms with Gasteiger partial charge in [0.1, 0.15) is 5.75 Å². The van der Waals surface area contributed by atoms with Crippen molar-refractivity contribution in [3.63, 3.8) is 0 Å². The van der Waals surface area contributed by atoms with Crippen molar-refractivity contribution in [2.45, 2.75) is 38.5 Å². The quantitative estimate of drug-likeness (QED) is 0.887. The Morgan fingerprint density at radius 1 is 1.26 bits per heavy atom. The molecule has 1 amide bonds. The van der Waals surface area contributed by atoms with Crippen molar-refractivity contribution < 1.29 is 9.90 Å². The van der Waals surface area contributed by atoms with E-state index in [4.69, 9.17) is 0 Å². The molecule has 0 atom stereocenters. The first kappa shape index (κ1) is 12.5. The van der Waals surface area contributed by atoms with E-state index in [2.05, 4.69) is 0 Å². The van der Waals surface area contributed by atoms with Crippen LogP contribution in [0.2, 0.25) is 0 Å². The van der Waals surface area contributed by atoms with Crippen LogP contribution in [0.5, 0.6) is 5.75 Å². The number of aromatic hydroxyl groups is 1. The first-order chi connectivity index (χ1) is 9.17. The van der Waals surface area contributed by atoms with Crippen LogP contribution in [0.15, 0.2) is 24.3 Å². The number of nitrogens with zero attached hydrogens (tertiary/aromatic N) is 1. The molecular formula is C16H21NO2. The Morgan fingerprint density at radius 3 is 2.79 bits per heavy atom. The summed E-state index contributed by atoms with van der Waals surface area (Å²) in [7, 11) is 0. The summed E-state index contributed by atoms with van der Waals surface area (Å²) in [6, 6.07) is 7.01. The molecule has 19 heavy (non-hydrogen) atoms. The molecule has 2 aliphatic rings. The zero-order valence-electron chi connectivity index (χ0n) is 11.3. The average Bonchev–Trinajstić information content (AvgIpc) is 3.00. The van der Waals surface area contributed by atoms with Crippen LogP contribution in [0, 0.1) is 5.41 Å². The highest BCUT2D eigenvalue weighted by molar-refractivity contribution is 5.79. The van der Waals surface area contributed by atoms with E-state index in [1.165, 1.54) is 32.1 Å². The zero-order valence-corrected chi connectivity index (χ0v) is 11.3. The lowest BCUT2D eigenvalue weighted by Gasteiger charge is -2.23.